The maximum absolute atomic E-state index is 6.02. The van der Waals surface area contributed by atoms with E-state index >= 15 is 0 Å². The molecule has 0 fully saturated rings. The first-order valence-corrected chi connectivity index (χ1v) is 6.94. The van der Waals surface area contributed by atoms with Gasteiger partial charge in [-0.25, -0.2) is 0 Å². The minimum Gasteiger partial charge on any atom is -0.398 e. The van der Waals surface area contributed by atoms with Gasteiger partial charge in [-0.15, -0.1) is 0 Å². The Hall–Kier alpha value is -2.62. The third-order valence-corrected chi connectivity index (χ3v) is 3.53. The van der Waals surface area contributed by atoms with Gasteiger partial charge in [-0.3, -0.25) is 9.97 Å². The Morgan fingerprint density at radius 2 is 1.76 bits per heavy atom. The van der Waals surface area contributed by atoms with Crippen molar-refractivity contribution in [3.05, 3.63) is 59.7 Å². The normalized spacial score (nSPS) is 10.8. The van der Waals surface area contributed by atoms with E-state index in [1.54, 1.807) is 0 Å². The van der Waals surface area contributed by atoms with Crippen molar-refractivity contribution in [2.75, 3.05) is 11.1 Å². The van der Waals surface area contributed by atoms with Crippen LogP contribution in [0, 0.1) is 13.8 Å². The lowest BCUT2D eigenvalue weighted by molar-refractivity contribution is 1.09. The van der Waals surface area contributed by atoms with Crippen LogP contribution in [0.15, 0.2) is 42.7 Å². The molecule has 106 valence electrons. The Labute approximate surface area is 124 Å². The van der Waals surface area contributed by atoms with Gasteiger partial charge in [-0.2, -0.15) is 0 Å². The number of benzene rings is 1. The maximum atomic E-state index is 6.02. The maximum Gasteiger partial charge on any atom is 0.0425 e. The van der Waals surface area contributed by atoms with Crippen molar-refractivity contribution in [3.63, 3.8) is 0 Å². The van der Waals surface area contributed by atoms with Crippen molar-refractivity contribution >= 4 is 22.1 Å². The van der Waals surface area contributed by atoms with Crippen molar-refractivity contribution in [1.82, 2.24) is 9.97 Å². The fourth-order valence-corrected chi connectivity index (χ4v) is 2.32. The first-order valence-electron chi connectivity index (χ1n) is 6.94. The zero-order valence-corrected chi connectivity index (χ0v) is 12.2. The number of anilines is 2. The average Bonchev–Trinajstić information content (AvgIpc) is 2.48. The summed E-state index contributed by atoms with van der Waals surface area (Å²) in [6, 6.07) is 10.1. The summed E-state index contributed by atoms with van der Waals surface area (Å²) >= 11 is 0. The summed E-state index contributed by atoms with van der Waals surface area (Å²) in [5.74, 6) is 0. The molecule has 3 aromatic rings. The molecular formula is C17H18N4. The highest BCUT2D eigenvalue weighted by Crippen LogP contribution is 2.28. The molecule has 0 aliphatic rings. The van der Waals surface area contributed by atoms with E-state index in [4.69, 9.17) is 5.73 Å². The molecule has 4 heteroatoms. The molecule has 3 N–H and O–H groups in total. The van der Waals surface area contributed by atoms with Gasteiger partial charge in [0.2, 0.25) is 0 Å². The number of nitrogen functional groups attached to an aromatic ring is 1. The first-order chi connectivity index (χ1) is 10.1. The first kappa shape index (κ1) is 13.4. The molecule has 4 nitrogen and oxygen atoms in total. The smallest absolute Gasteiger partial charge is 0.0425 e. The lowest BCUT2D eigenvalue weighted by Crippen LogP contribution is -2.02. The molecule has 0 saturated carbocycles. The number of nitrogens with two attached hydrogens (primary N) is 1. The zero-order valence-electron chi connectivity index (χ0n) is 12.2. The third kappa shape index (κ3) is 2.79. The molecule has 2 aromatic heterocycles. The van der Waals surface area contributed by atoms with Crippen LogP contribution in [0.4, 0.5) is 11.4 Å². The van der Waals surface area contributed by atoms with Gasteiger partial charge in [0.1, 0.15) is 0 Å². The number of rotatable bonds is 3. The van der Waals surface area contributed by atoms with E-state index in [1.165, 1.54) is 0 Å². The molecule has 0 saturated heterocycles. The summed E-state index contributed by atoms with van der Waals surface area (Å²) in [7, 11) is 0. The minimum atomic E-state index is 0.730. The SMILES string of the molecule is Cc1ccc(CNc2ccc(N)c3cnc(C)cc23)cn1. The summed E-state index contributed by atoms with van der Waals surface area (Å²) in [6.45, 7) is 4.70. The fraction of sp³-hybridized carbons (Fsp3) is 0.176. The second-order valence-corrected chi connectivity index (χ2v) is 5.24. The van der Waals surface area contributed by atoms with E-state index in [0.717, 1.165) is 45.6 Å². The topological polar surface area (TPSA) is 63.8 Å². The predicted octanol–water partition coefficient (Wildman–Crippen LogP) is 3.44. The van der Waals surface area contributed by atoms with Gasteiger partial charge in [-0.05, 0) is 43.7 Å². The second kappa shape index (κ2) is 5.40. The molecule has 0 bridgehead atoms. The highest BCUT2D eigenvalue weighted by atomic mass is 14.9. The second-order valence-electron chi connectivity index (χ2n) is 5.24. The van der Waals surface area contributed by atoms with Crippen LogP contribution in [0.5, 0.6) is 0 Å². The van der Waals surface area contributed by atoms with E-state index in [0.29, 0.717) is 0 Å². The predicted molar refractivity (Wildman–Crippen MR) is 87.2 cm³/mol. The van der Waals surface area contributed by atoms with Crippen LogP contribution in [-0.2, 0) is 6.54 Å². The standard InChI is InChI=1S/C17H18N4/c1-11-3-4-13(8-19-11)9-21-17-6-5-16(18)15-10-20-12(2)7-14(15)17/h3-8,10,21H,9,18H2,1-2H3. The summed E-state index contributed by atoms with van der Waals surface area (Å²) < 4.78 is 0. The number of hydrogen-bond acceptors (Lipinski definition) is 4. The van der Waals surface area contributed by atoms with Crippen molar-refractivity contribution in [2.24, 2.45) is 0 Å². The number of fused-ring (bicyclic) bond motifs is 1. The van der Waals surface area contributed by atoms with Gasteiger partial charge >= 0.3 is 0 Å². The number of nitrogens with zero attached hydrogens (tertiary/aromatic N) is 2. The van der Waals surface area contributed by atoms with E-state index in [2.05, 4.69) is 27.4 Å². The van der Waals surface area contributed by atoms with Crippen LogP contribution in [0.3, 0.4) is 0 Å². The van der Waals surface area contributed by atoms with Crippen LogP contribution in [0.1, 0.15) is 17.0 Å². The Balaban J connectivity index is 1.91. The molecule has 21 heavy (non-hydrogen) atoms. The molecular weight excluding hydrogens is 260 g/mol. The highest BCUT2D eigenvalue weighted by molar-refractivity contribution is 6.00. The number of hydrogen-bond donors (Lipinski definition) is 2. The van der Waals surface area contributed by atoms with E-state index in [-0.39, 0.29) is 0 Å². The molecule has 0 radical (unpaired) electrons. The molecule has 1 aromatic carbocycles. The van der Waals surface area contributed by atoms with Crippen LogP contribution >= 0.6 is 0 Å². The fourth-order valence-electron chi connectivity index (χ4n) is 2.32. The number of pyridine rings is 2. The van der Waals surface area contributed by atoms with E-state index in [9.17, 15) is 0 Å². The molecule has 0 atom stereocenters. The Kier molecular flexibility index (Phi) is 3.44. The molecule has 3 rings (SSSR count). The summed E-state index contributed by atoms with van der Waals surface area (Å²) in [4.78, 5) is 8.63. The van der Waals surface area contributed by atoms with Crippen molar-refractivity contribution in [3.8, 4) is 0 Å². The van der Waals surface area contributed by atoms with Gasteiger partial charge in [-0.1, -0.05) is 6.07 Å². The lowest BCUT2D eigenvalue weighted by Gasteiger charge is -2.12. The molecule has 0 amide bonds. The molecule has 0 aliphatic carbocycles. The molecule has 2 heterocycles. The molecule has 0 unspecified atom stereocenters. The van der Waals surface area contributed by atoms with E-state index < -0.39 is 0 Å². The van der Waals surface area contributed by atoms with Gasteiger partial charge in [0.25, 0.3) is 0 Å². The monoisotopic (exact) mass is 278 g/mol. The van der Waals surface area contributed by atoms with Crippen LogP contribution < -0.4 is 11.1 Å². The molecule has 0 aliphatic heterocycles. The average molecular weight is 278 g/mol. The van der Waals surface area contributed by atoms with Gasteiger partial charge in [0, 0.05) is 52.5 Å². The molecule has 0 spiro atoms. The minimum absolute atomic E-state index is 0.730. The largest absolute Gasteiger partial charge is 0.398 e. The quantitative estimate of drug-likeness (QED) is 0.720. The van der Waals surface area contributed by atoms with Gasteiger partial charge in [0.05, 0.1) is 0 Å². The Morgan fingerprint density at radius 1 is 0.952 bits per heavy atom. The zero-order chi connectivity index (χ0) is 14.8. The number of nitrogens with one attached hydrogen (secondary N) is 1. The van der Waals surface area contributed by atoms with Gasteiger partial charge in [0.15, 0.2) is 0 Å². The van der Waals surface area contributed by atoms with Crippen molar-refractivity contribution < 1.29 is 0 Å². The Morgan fingerprint density at radius 3 is 2.52 bits per heavy atom. The highest BCUT2D eigenvalue weighted by Gasteiger charge is 2.05. The number of aromatic nitrogens is 2. The summed E-state index contributed by atoms with van der Waals surface area (Å²) in [5.41, 5.74) is 11.0. The number of aryl methyl sites for hydroxylation is 2. The van der Waals surface area contributed by atoms with E-state index in [1.807, 2.05) is 44.4 Å². The Bertz CT molecular complexity index is 779. The summed E-state index contributed by atoms with van der Waals surface area (Å²) in [6.07, 6.45) is 3.73. The van der Waals surface area contributed by atoms with Crippen LogP contribution in [0.2, 0.25) is 0 Å². The van der Waals surface area contributed by atoms with Gasteiger partial charge < -0.3 is 11.1 Å². The van der Waals surface area contributed by atoms with Crippen molar-refractivity contribution in [2.45, 2.75) is 20.4 Å². The van der Waals surface area contributed by atoms with Crippen LogP contribution in [0.25, 0.3) is 10.8 Å². The van der Waals surface area contributed by atoms with Crippen LogP contribution in [-0.4, -0.2) is 9.97 Å². The lowest BCUT2D eigenvalue weighted by atomic mass is 10.1. The summed E-state index contributed by atoms with van der Waals surface area (Å²) in [5, 5.41) is 5.53. The third-order valence-electron chi connectivity index (χ3n) is 3.53. The van der Waals surface area contributed by atoms with Crippen molar-refractivity contribution in [1.29, 1.82) is 0 Å².